The second-order valence-corrected chi connectivity index (χ2v) is 13.6. The maximum atomic E-state index is 6.50. The summed E-state index contributed by atoms with van der Waals surface area (Å²) in [6.07, 6.45) is 0. The van der Waals surface area contributed by atoms with Gasteiger partial charge in [-0.2, -0.15) is 0 Å². The molecule has 2 heterocycles. The van der Waals surface area contributed by atoms with Crippen LogP contribution in [0.25, 0.3) is 75.1 Å². The van der Waals surface area contributed by atoms with Crippen molar-refractivity contribution in [3.63, 3.8) is 0 Å². The van der Waals surface area contributed by atoms with E-state index in [1.807, 2.05) is 11.3 Å². The Bertz CT molecular complexity index is 2840. The Balaban J connectivity index is 1.22. The summed E-state index contributed by atoms with van der Waals surface area (Å²) in [6.45, 7) is 0. The minimum absolute atomic E-state index is 0.897. The van der Waals surface area contributed by atoms with Gasteiger partial charge in [0, 0.05) is 53.1 Å². The van der Waals surface area contributed by atoms with E-state index in [4.69, 9.17) is 4.42 Å². The van der Waals surface area contributed by atoms with Crippen molar-refractivity contribution in [2.24, 2.45) is 0 Å². The largest absolute Gasteiger partial charge is 0.455 e. The van der Waals surface area contributed by atoms with Crippen LogP contribution in [-0.2, 0) is 0 Å². The van der Waals surface area contributed by atoms with E-state index < -0.39 is 0 Å². The Morgan fingerprint density at radius 3 is 1.92 bits per heavy atom. The molecule has 10 aromatic rings. The Labute approximate surface area is 287 Å². The van der Waals surface area contributed by atoms with Crippen molar-refractivity contribution in [2.75, 3.05) is 4.90 Å². The van der Waals surface area contributed by atoms with Crippen LogP contribution in [0.4, 0.5) is 17.1 Å². The molecule has 0 fully saturated rings. The Kier molecular flexibility index (Phi) is 6.39. The molecule has 0 unspecified atom stereocenters. The van der Waals surface area contributed by atoms with Gasteiger partial charge < -0.3 is 9.32 Å². The van der Waals surface area contributed by atoms with Gasteiger partial charge in [0.2, 0.25) is 0 Å². The molecule has 3 heteroatoms. The lowest BCUT2D eigenvalue weighted by Crippen LogP contribution is -2.12. The number of nitrogens with zero attached hydrogens (tertiary/aromatic N) is 1. The monoisotopic (exact) mass is 643 g/mol. The normalized spacial score (nSPS) is 11.7. The summed E-state index contributed by atoms with van der Waals surface area (Å²) >= 11 is 1.85. The number of para-hydroxylation sites is 2. The molecule has 0 radical (unpaired) electrons. The summed E-state index contributed by atoms with van der Waals surface area (Å²) in [5, 5.41) is 7.14. The highest BCUT2D eigenvalue weighted by Gasteiger charge is 2.22. The molecule has 0 saturated heterocycles. The summed E-state index contributed by atoms with van der Waals surface area (Å²) in [7, 11) is 0. The molecule has 0 saturated carbocycles. The van der Waals surface area contributed by atoms with Crippen molar-refractivity contribution in [3.8, 4) is 22.3 Å². The maximum Gasteiger partial charge on any atom is 0.143 e. The van der Waals surface area contributed by atoms with Gasteiger partial charge in [-0.05, 0) is 71.1 Å². The van der Waals surface area contributed by atoms with Gasteiger partial charge in [0.1, 0.15) is 11.2 Å². The zero-order valence-corrected chi connectivity index (χ0v) is 27.3. The van der Waals surface area contributed by atoms with Crippen molar-refractivity contribution < 1.29 is 4.42 Å². The maximum absolute atomic E-state index is 6.50. The van der Waals surface area contributed by atoms with Gasteiger partial charge in [-0.3, -0.25) is 0 Å². The number of fused-ring (bicyclic) bond motifs is 8. The number of hydrogen-bond donors (Lipinski definition) is 0. The number of anilines is 3. The molecule has 0 bridgehead atoms. The van der Waals surface area contributed by atoms with Crippen LogP contribution in [0.3, 0.4) is 0 Å². The average Bonchev–Trinajstić information content (AvgIpc) is 3.74. The van der Waals surface area contributed by atoms with E-state index in [1.165, 1.54) is 36.7 Å². The quantitative estimate of drug-likeness (QED) is 0.186. The molecule has 0 aliphatic heterocycles. The molecule has 8 aromatic carbocycles. The predicted octanol–water partition coefficient (Wildman–Crippen LogP) is 13.9. The molecule has 230 valence electrons. The van der Waals surface area contributed by atoms with E-state index in [0.717, 1.165) is 55.5 Å². The van der Waals surface area contributed by atoms with E-state index in [1.54, 1.807) is 0 Å². The van der Waals surface area contributed by atoms with Crippen LogP contribution >= 0.6 is 11.3 Å². The number of benzene rings is 8. The zero-order valence-electron chi connectivity index (χ0n) is 26.5. The molecule has 0 amide bonds. The van der Waals surface area contributed by atoms with Crippen molar-refractivity contribution in [1.29, 1.82) is 0 Å². The first-order chi connectivity index (χ1) is 24.3. The molecular formula is C46H29NOS. The molecule has 0 spiro atoms. The standard InChI is InChI=1S/C46H29NOS/c1-2-12-30(13-3-1)34-15-6-9-19-41(34)47(33-24-27-45-40(29-33)37-18-8-11-21-44(37)49-45)42-20-10-7-16-35(42)32-23-26-43-39(28-32)38-25-22-31-14-4-5-17-36(31)46(38)48-43/h1-29H. The predicted molar refractivity (Wildman–Crippen MR) is 210 cm³/mol. The fraction of sp³-hybridized carbons (Fsp3) is 0. The van der Waals surface area contributed by atoms with Gasteiger partial charge in [0.05, 0.1) is 11.4 Å². The second-order valence-electron chi connectivity index (χ2n) is 12.5. The Hall–Kier alpha value is -6.16. The SMILES string of the molecule is c1ccc(-c2ccccc2N(c2ccc3sc4ccccc4c3c2)c2ccccc2-c2ccc3oc4c5ccccc5ccc4c3c2)cc1. The van der Waals surface area contributed by atoms with Crippen LogP contribution < -0.4 is 4.90 Å². The molecule has 0 N–H and O–H groups in total. The molecular weight excluding hydrogens is 615 g/mol. The number of furan rings is 1. The molecule has 0 aliphatic carbocycles. The van der Waals surface area contributed by atoms with E-state index in [9.17, 15) is 0 Å². The molecule has 10 rings (SSSR count). The third kappa shape index (κ3) is 4.55. The minimum atomic E-state index is 0.897. The highest BCUT2D eigenvalue weighted by atomic mass is 32.1. The first-order valence-corrected chi connectivity index (χ1v) is 17.4. The van der Waals surface area contributed by atoms with Crippen molar-refractivity contribution in [2.45, 2.75) is 0 Å². The van der Waals surface area contributed by atoms with Gasteiger partial charge >= 0.3 is 0 Å². The van der Waals surface area contributed by atoms with Crippen LogP contribution in [-0.4, -0.2) is 0 Å². The minimum Gasteiger partial charge on any atom is -0.455 e. The zero-order chi connectivity index (χ0) is 32.3. The molecule has 0 aliphatic rings. The summed E-state index contributed by atoms with van der Waals surface area (Å²) in [5.41, 5.74) is 9.84. The average molecular weight is 644 g/mol. The Morgan fingerprint density at radius 1 is 0.408 bits per heavy atom. The van der Waals surface area contributed by atoms with E-state index >= 15 is 0 Å². The highest BCUT2D eigenvalue weighted by molar-refractivity contribution is 7.25. The van der Waals surface area contributed by atoms with Gasteiger partial charge in [-0.25, -0.2) is 0 Å². The molecule has 0 atom stereocenters. The van der Waals surface area contributed by atoms with Gasteiger partial charge in [-0.1, -0.05) is 121 Å². The van der Waals surface area contributed by atoms with Crippen LogP contribution in [0.2, 0.25) is 0 Å². The van der Waals surface area contributed by atoms with Crippen molar-refractivity contribution in [1.82, 2.24) is 0 Å². The number of rotatable bonds is 5. The number of hydrogen-bond acceptors (Lipinski definition) is 3. The number of thiophene rings is 1. The lowest BCUT2D eigenvalue weighted by atomic mass is 9.97. The fourth-order valence-corrected chi connectivity index (χ4v) is 8.46. The summed E-state index contributed by atoms with van der Waals surface area (Å²) in [6, 6.07) is 63.3. The first kappa shape index (κ1) is 27.9. The van der Waals surface area contributed by atoms with Crippen molar-refractivity contribution >= 4 is 81.3 Å². The van der Waals surface area contributed by atoms with Crippen LogP contribution in [0.1, 0.15) is 0 Å². The summed E-state index contributed by atoms with van der Waals surface area (Å²) in [4.78, 5) is 2.44. The molecule has 2 aromatic heterocycles. The smallest absolute Gasteiger partial charge is 0.143 e. The van der Waals surface area contributed by atoms with Gasteiger partial charge in [0.15, 0.2) is 0 Å². The van der Waals surface area contributed by atoms with E-state index in [-0.39, 0.29) is 0 Å². The van der Waals surface area contributed by atoms with Gasteiger partial charge in [0.25, 0.3) is 0 Å². The third-order valence-corrected chi connectivity index (χ3v) is 10.8. The third-order valence-electron chi connectivity index (χ3n) is 9.67. The van der Waals surface area contributed by atoms with E-state index in [0.29, 0.717) is 0 Å². The highest BCUT2D eigenvalue weighted by Crippen LogP contribution is 2.47. The molecule has 2 nitrogen and oxygen atoms in total. The summed E-state index contributed by atoms with van der Waals surface area (Å²) in [5.74, 6) is 0. The lowest BCUT2D eigenvalue weighted by molar-refractivity contribution is 0.672. The van der Waals surface area contributed by atoms with Crippen LogP contribution in [0.15, 0.2) is 180 Å². The molecule has 49 heavy (non-hydrogen) atoms. The Morgan fingerprint density at radius 2 is 1.08 bits per heavy atom. The van der Waals surface area contributed by atoms with E-state index in [2.05, 4.69) is 181 Å². The topological polar surface area (TPSA) is 16.4 Å². The van der Waals surface area contributed by atoms with Crippen LogP contribution in [0.5, 0.6) is 0 Å². The first-order valence-electron chi connectivity index (χ1n) is 16.6. The second kappa shape index (κ2) is 11.2. The summed E-state index contributed by atoms with van der Waals surface area (Å²) < 4.78 is 9.09. The van der Waals surface area contributed by atoms with Crippen molar-refractivity contribution in [3.05, 3.63) is 176 Å². The van der Waals surface area contributed by atoms with Gasteiger partial charge in [-0.15, -0.1) is 11.3 Å². The van der Waals surface area contributed by atoms with Crippen LogP contribution in [0, 0.1) is 0 Å². The fourth-order valence-electron chi connectivity index (χ4n) is 7.38. The lowest BCUT2D eigenvalue weighted by Gasteiger charge is -2.30.